The van der Waals surface area contributed by atoms with Crippen LogP contribution in [0.25, 0.3) is 0 Å². The van der Waals surface area contributed by atoms with E-state index in [0.29, 0.717) is 17.1 Å². The molecule has 9 heteroatoms. The summed E-state index contributed by atoms with van der Waals surface area (Å²) in [5, 5.41) is 8.89. The zero-order chi connectivity index (χ0) is 18.4. The molecular formula is C16H22N4O4S. The van der Waals surface area contributed by atoms with Crippen molar-refractivity contribution in [3.8, 4) is 0 Å². The van der Waals surface area contributed by atoms with Crippen LogP contribution in [0.2, 0.25) is 0 Å². The van der Waals surface area contributed by atoms with Crippen LogP contribution >= 0.6 is 0 Å². The van der Waals surface area contributed by atoms with Crippen molar-refractivity contribution < 1.29 is 17.7 Å². The number of rotatable bonds is 7. The van der Waals surface area contributed by atoms with Crippen molar-refractivity contribution in [3.63, 3.8) is 0 Å². The lowest BCUT2D eigenvalue weighted by Gasteiger charge is -2.13. The lowest BCUT2D eigenvalue weighted by molar-refractivity contribution is 0.251. The van der Waals surface area contributed by atoms with Crippen LogP contribution in [0.1, 0.15) is 30.7 Å². The maximum atomic E-state index is 12.1. The van der Waals surface area contributed by atoms with Gasteiger partial charge in [0.15, 0.2) is 5.82 Å². The number of amides is 2. The number of aromatic nitrogens is 1. The lowest BCUT2D eigenvalue weighted by Crippen LogP contribution is -2.32. The molecule has 8 nitrogen and oxygen atoms in total. The largest absolute Gasteiger partial charge is 0.360 e. The van der Waals surface area contributed by atoms with Gasteiger partial charge in [-0.2, -0.15) is 0 Å². The van der Waals surface area contributed by atoms with Gasteiger partial charge in [-0.25, -0.2) is 17.9 Å². The Kier molecular flexibility index (Phi) is 6.16. The number of sulfonamides is 1. The molecule has 0 aliphatic heterocycles. The highest BCUT2D eigenvalue weighted by atomic mass is 32.2. The molecule has 0 atom stereocenters. The fraction of sp³-hybridized carbons (Fsp3) is 0.375. The van der Waals surface area contributed by atoms with Crippen molar-refractivity contribution in [2.75, 3.05) is 5.32 Å². The SMILES string of the molecule is Cc1cc(NC(=O)NCc2ccccc2CS(=O)(=O)NC(C)C)no1. The number of carbonyl (C=O) groups is 1. The van der Waals surface area contributed by atoms with Crippen LogP contribution in [0.4, 0.5) is 10.6 Å². The number of urea groups is 1. The molecule has 0 spiro atoms. The van der Waals surface area contributed by atoms with E-state index in [1.54, 1.807) is 51.1 Å². The van der Waals surface area contributed by atoms with E-state index in [0.717, 1.165) is 5.56 Å². The Balaban J connectivity index is 1.99. The number of hydrogen-bond donors (Lipinski definition) is 3. The molecule has 0 aliphatic carbocycles. The number of benzene rings is 1. The monoisotopic (exact) mass is 366 g/mol. The maximum Gasteiger partial charge on any atom is 0.320 e. The van der Waals surface area contributed by atoms with E-state index in [9.17, 15) is 13.2 Å². The summed E-state index contributed by atoms with van der Waals surface area (Å²) in [5.41, 5.74) is 1.36. The summed E-state index contributed by atoms with van der Waals surface area (Å²) < 4.78 is 31.6. The standard InChI is InChI=1S/C16H22N4O4S/c1-11(2)20-25(22,23)10-14-7-5-4-6-13(14)9-17-16(21)18-15-8-12(3)24-19-15/h4-8,11,20H,9-10H2,1-3H3,(H2,17,18,19,21). The molecule has 0 bridgehead atoms. The van der Waals surface area contributed by atoms with Crippen molar-refractivity contribution in [1.82, 2.24) is 15.2 Å². The average Bonchev–Trinajstić information content (AvgIpc) is 2.89. The van der Waals surface area contributed by atoms with E-state index in [2.05, 4.69) is 20.5 Å². The zero-order valence-electron chi connectivity index (χ0n) is 14.4. The lowest BCUT2D eigenvalue weighted by atomic mass is 10.1. The molecule has 0 saturated heterocycles. The molecule has 0 unspecified atom stereocenters. The molecule has 1 aromatic heterocycles. The first-order valence-corrected chi connectivity index (χ1v) is 9.45. The number of nitrogens with one attached hydrogen (secondary N) is 3. The average molecular weight is 366 g/mol. The summed E-state index contributed by atoms with van der Waals surface area (Å²) in [6.07, 6.45) is 0. The summed E-state index contributed by atoms with van der Waals surface area (Å²) >= 11 is 0. The Hall–Kier alpha value is -2.39. The normalized spacial score (nSPS) is 11.5. The van der Waals surface area contributed by atoms with Gasteiger partial charge in [0.25, 0.3) is 0 Å². The van der Waals surface area contributed by atoms with Crippen LogP contribution in [-0.2, 0) is 22.3 Å². The fourth-order valence-electron chi connectivity index (χ4n) is 2.24. The van der Waals surface area contributed by atoms with Gasteiger partial charge in [0, 0.05) is 18.7 Å². The van der Waals surface area contributed by atoms with Gasteiger partial charge in [-0.15, -0.1) is 0 Å². The van der Waals surface area contributed by atoms with Crippen molar-refractivity contribution in [2.45, 2.75) is 39.1 Å². The second-order valence-electron chi connectivity index (χ2n) is 5.93. The third-order valence-corrected chi connectivity index (χ3v) is 4.71. The molecule has 2 aromatic rings. The number of carbonyl (C=O) groups excluding carboxylic acids is 1. The third kappa shape index (κ3) is 6.20. The molecule has 0 aliphatic rings. The fourth-order valence-corrected chi connectivity index (χ4v) is 3.73. The van der Waals surface area contributed by atoms with Crippen LogP contribution in [0.3, 0.4) is 0 Å². The van der Waals surface area contributed by atoms with Gasteiger partial charge in [0.05, 0.1) is 5.75 Å². The summed E-state index contributed by atoms with van der Waals surface area (Å²) in [7, 11) is -3.44. The first kappa shape index (κ1) is 18.9. The van der Waals surface area contributed by atoms with Gasteiger partial charge in [-0.1, -0.05) is 29.4 Å². The van der Waals surface area contributed by atoms with Gasteiger partial charge in [0.1, 0.15) is 5.76 Å². The van der Waals surface area contributed by atoms with E-state index in [-0.39, 0.29) is 18.3 Å². The van der Waals surface area contributed by atoms with Crippen molar-refractivity contribution >= 4 is 21.9 Å². The minimum atomic E-state index is -3.44. The third-order valence-electron chi connectivity index (χ3n) is 3.19. The quantitative estimate of drug-likeness (QED) is 0.695. The summed E-state index contributed by atoms with van der Waals surface area (Å²) in [4.78, 5) is 11.9. The van der Waals surface area contributed by atoms with E-state index in [1.165, 1.54) is 0 Å². The molecular weight excluding hydrogens is 344 g/mol. The summed E-state index contributed by atoms with van der Waals surface area (Å²) in [5.74, 6) is 0.753. The Morgan fingerprint density at radius 2 is 1.92 bits per heavy atom. The molecule has 0 saturated carbocycles. The van der Waals surface area contributed by atoms with Crippen LogP contribution in [0.5, 0.6) is 0 Å². The highest BCUT2D eigenvalue weighted by Gasteiger charge is 2.15. The van der Waals surface area contributed by atoms with Crippen LogP contribution in [0, 0.1) is 6.92 Å². The number of anilines is 1. The zero-order valence-corrected chi connectivity index (χ0v) is 15.2. The van der Waals surface area contributed by atoms with E-state index in [4.69, 9.17) is 4.52 Å². The Morgan fingerprint density at radius 3 is 2.52 bits per heavy atom. The molecule has 2 rings (SSSR count). The molecule has 3 N–H and O–H groups in total. The predicted molar refractivity (Wildman–Crippen MR) is 94.4 cm³/mol. The minimum Gasteiger partial charge on any atom is -0.360 e. The molecule has 0 radical (unpaired) electrons. The first-order chi connectivity index (χ1) is 11.7. The molecule has 1 heterocycles. The Labute approximate surface area is 147 Å². The highest BCUT2D eigenvalue weighted by Crippen LogP contribution is 2.13. The van der Waals surface area contributed by atoms with Gasteiger partial charge in [-0.05, 0) is 31.9 Å². The minimum absolute atomic E-state index is 0.146. The number of hydrogen-bond acceptors (Lipinski definition) is 5. The van der Waals surface area contributed by atoms with Crippen molar-refractivity contribution in [3.05, 3.63) is 47.2 Å². The number of aryl methyl sites for hydroxylation is 1. The predicted octanol–water partition coefficient (Wildman–Crippen LogP) is 2.13. The van der Waals surface area contributed by atoms with E-state index >= 15 is 0 Å². The van der Waals surface area contributed by atoms with E-state index < -0.39 is 16.1 Å². The van der Waals surface area contributed by atoms with E-state index in [1.807, 2.05) is 0 Å². The summed E-state index contributed by atoms with van der Waals surface area (Å²) in [6, 6.07) is 8.04. The second-order valence-corrected chi connectivity index (χ2v) is 7.68. The highest BCUT2D eigenvalue weighted by molar-refractivity contribution is 7.88. The Bertz CT molecular complexity index is 830. The second kappa shape index (κ2) is 8.13. The van der Waals surface area contributed by atoms with Crippen LogP contribution < -0.4 is 15.4 Å². The maximum absolute atomic E-state index is 12.1. The van der Waals surface area contributed by atoms with Gasteiger partial charge < -0.3 is 9.84 Å². The number of nitrogens with zero attached hydrogens (tertiary/aromatic N) is 1. The summed E-state index contributed by atoms with van der Waals surface area (Å²) in [6.45, 7) is 5.44. The smallest absolute Gasteiger partial charge is 0.320 e. The van der Waals surface area contributed by atoms with Crippen molar-refractivity contribution in [2.24, 2.45) is 0 Å². The van der Waals surface area contributed by atoms with Crippen LogP contribution in [-0.4, -0.2) is 25.6 Å². The molecule has 25 heavy (non-hydrogen) atoms. The first-order valence-electron chi connectivity index (χ1n) is 7.80. The molecule has 1 aromatic carbocycles. The van der Waals surface area contributed by atoms with Gasteiger partial charge in [0.2, 0.25) is 10.0 Å². The Morgan fingerprint density at radius 1 is 1.24 bits per heavy atom. The topological polar surface area (TPSA) is 113 Å². The van der Waals surface area contributed by atoms with Gasteiger partial charge in [-0.3, -0.25) is 5.32 Å². The molecule has 2 amide bonds. The molecule has 0 fully saturated rings. The van der Waals surface area contributed by atoms with Gasteiger partial charge >= 0.3 is 6.03 Å². The van der Waals surface area contributed by atoms with Crippen molar-refractivity contribution in [1.29, 1.82) is 0 Å². The molecule has 136 valence electrons. The van der Waals surface area contributed by atoms with Crippen LogP contribution in [0.15, 0.2) is 34.9 Å².